The van der Waals surface area contributed by atoms with E-state index in [9.17, 15) is 9.59 Å². The van der Waals surface area contributed by atoms with Gasteiger partial charge in [-0.2, -0.15) is 0 Å². The second-order valence-electron chi connectivity index (χ2n) is 5.20. The number of rotatable bonds is 4. The third-order valence-corrected chi connectivity index (χ3v) is 4.37. The lowest BCUT2D eigenvalue weighted by molar-refractivity contribution is -0.120. The van der Waals surface area contributed by atoms with Crippen molar-refractivity contribution in [1.82, 2.24) is 10.6 Å². The zero-order valence-electron chi connectivity index (χ0n) is 12.3. The molecular weight excluding hydrogens is 286 g/mol. The molecule has 0 aliphatic carbocycles. The Morgan fingerprint density at radius 2 is 2.05 bits per heavy atom. The van der Waals surface area contributed by atoms with E-state index in [2.05, 4.69) is 10.6 Å². The fourth-order valence-corrected chi connectivity index (χ4v) is 3.17. The number of nitrogens with one attached hydrogen (secondary N) is 2. The number of nitrogens with two attached hydrogens (primary N) is 1. The van der Waals surface area contributed by atoms with Crippen LogP contribution in [0.5, 0.6) is 0 Å². The summed E-state index contributed by atoms with van der Waals surface area (Å²) in [7, 11) is 0. The van der Waals surface area contributed by atoms with Crippen LogP contribution in [0, 0.1) is 6.92 Å². The summed E-state index contributed by atoms with van der Waals surface area (Å²) >= 11 is 1.36. The minimum atomic E-state index is -0.313. The second-order valence-corrected chi connectivity index (χ2v) is 6.22. The fraction of sp³-hybridized carbons (Fsp3) is 0.333. The zero-order chi connectivity index (χ0) is 15.6. The lowest BCUT2D eigenvalue weighted by atomic mass is 10.1. The van der Waals surface area contributed by atoms with E-state index in [0.29, 0.717) is 10.6 Å². The van der Waals surface area contributed by atoms with Gasteiger partial charge in [0.15, 0.2) is 0 Å². The van der Waals surface area contributed by atoms with Gasteiger partial charge in [-0.05, 0) is 26.3 Å². The van der Waals surface area contributed by atoms with Gasteiger partial charge in [0.25, 0.3) is 5.91 Å². The van der Waals surface area contributed by atoms with Crippen molar-refractivity contribution in [2.75, 3.05) is 12.3 Å². The SMILES string of the molecule is Cc1cccc2c(N)c(C(=O)NCC(=O)NC(C)C)sc12. The van der Waals surface area contributed by atoms with Crippen LogP contribution in [0.15, 0.2) is 18.2 Å². The smallest absolute Gasteiger partial charge is 0.263 e. The van der Waals surface area contributed by atoms with Crippen LogP contribution in [0.4, 0.5) is 5.69 Å². The molecule has 0 unspecified atom stereocenters. The Morgan fingerprint density at radius 3 is 2.67 bits per heavy atom. The highest BCUT2D eigenvalue weighted by Gasteiger charge is 2.17. The summed E-state index contributed by atoms with van der Waals surface area (Å²) in [6.45, 7) is 5.67. The molecule has 0 saturated carbocycles. The predicted octanol–water partition coefficient (Wildman–Crippen LogP) is 2.05. The highest BCUT2D eigenvalue weighted by atomic mass is 32.1. The van der Waals surface area contributed by atoms with E-state index in [1.165, 1.54) is 11.3 Å². The van der Waals surface area contributed by atoms with E-state index < -0.39 is 0 Å². The molecule has 0 radical (unpaired) electrons. The molecule has 0 saturated heterocycles. The van der Waals surface area contributed by atoms with Gasteiger partial charge in [0, 0.05) is 16.1 Å². The van der Waals surface area contributed by atoms with Gasteiger partial charge < -0.3 is 16.4 Å². The molecule has 0 bridgehead atoms. The standard InChI is InChI=1S/C15H19N3O2S/c1-8(2)18-11(19)7-17-15(20)14-12(16)10-6-4-5-9(3)13(10)21-14/h4-6,8H,7,16H2,1-3H3,(H,17,20)(H,18,19). The first kappa shape index (κ1) is 15.3. The Kier molecular flexibility index (Phi) is 4.47. The Balaban J connectivity index is 2.15. The number of thiophene rings is 1. The molecule has 2 amide bonds. The second kappa shape index (κ2) is 6.13. The highest BCUT2D eigenvalue weighted by Crippen LogP contribution is 2.35. The number of anilines is 1. The summed E-state index contributed by atoms with van der Waals surface area (Å²) in [6.07, 6.45) is 0. The number of hydrogen-bond acceptors (Lipinski definition) is 4. The fourth-order valence-electron chi connectivity index (χ4n) is 2.06. The third kappa shape index (κ3) is 3.33. The Bertz CT molecular complexity index is 692. The van der Waals surface area contributed by atoms with Gasteiger partial charge in [0.1, 0.15) is 4.88 Å². The number of amides is 2. The van der Waals surface area contributed by atoms with Crippen molar-refractivity contribution >= 4 is 38.9 Å². The maximum Gasteiger partial charge on any atom is 0.263 e. The number of carbonyl (C=O) groups is 2. The molecule has 2 rings (SSSR count). The van der Waals surface area contributed by atoms with E-state index >= 15 is 0 Å². The molecule has 1 heterocycles. The van der Waals surface area contributed by atoms with Crippen molar-refractivity contribution in [2.24, 2.45) is 0 Å². The lowest BCUT2D eigenvalue weighted by Gasteiger charge is -2.08. The molecule has 112 valence electrons. The Labute approximate surface area is 127 Å². The van der Waals surface area contributed by atoms with Gasteiger partial charge in [-0.15, -0.1) is 11.3 Å². The summed E-state index contributed by atoms with van der Waals surface area (Å²) in [5.74, 6) is -0.527. The first-order chi connectivity index (χ1) is 9.90. The van der Waals surface area contributed by atoms with Crippen LogP contribution in [-0.2, 0) is 4.79 Å². The monoisotopic (exact) mass is 305 g/mol. The molecule has 4 N–H and O–H groups in total. The minimum Gasteiger partial charge on any atom is -0.397 e. The number of benzene rings is 1. The van der Waals surface area contributed by atoms with Crippen LogP contribution in [0.25, 0.3) is 10.1 Å². The van der Waals surface area contributed by atoms with Gasteiger partial charge >= 0.3 is 0 Å². The van der Waals surface area contributed by atoms with Crippen LogP contribution in [0.2, 0.25) is 0 Å². The molecule has 1 aromatic carbocycles. The van der Waals surface area contributed by atoms with Crippen molar-refractivity contribution in [3.63, 3.8) is 0 Å². The van der Waals surface area contributed by atoms with E-state index in [1.807, 2.05) is 39.0 Å². The molecule has 5 nitrogen and oxygen atoms in total. The van der Waals surface area contributed by atoms with Crippen LogP contribution in [0.1, 0.15) is 29.1 Å². The van der Waals surface area contributed by atoms with Gasteiger partial charge in [-0.25, -0.2) is 0 Å². The van der Waals surface area contributed by atoms with Gasteiger partial charge in [0.05, 0.1) is 12.2 Å². The quantitative estimate of drug-likeness (QED) is 0.808. The van der Waals surface area contributed by atoms with Gasteiger partial charge in [0.2, 0.25) is 5.91 Å². The van der Waals surface area contributed by atoms with Crippen molar-refractivity contribution in [3.8, 4) is 0 Å². The molecule has 0 spiro atoms. The number of carbonyl (C=O) groups excluding carboxylic acids is 2. The number of hydrogen-bond donors (Lipinski definition) is 3. The topological polar surface area (TPSA) is 84.2 Å². The maximum absolute atomic E-state index is 12.2. The first-order valence-electron chi connectivity index (χ1n) is 6.75. The normalized spacial score (nSPS) is 10.9. The molecule has 6 heteroatoms. The molecule has 0 fully saturated rings. The van der Waals surface area contributed by atoms with Crippen LogP contribution < -0.4 is 16.4 Å². The summed E-state index contributed by atoms with van der Waals surface area (Å²) < 4.78 is 1.01. The molecule has 0 aliphatic heterocycles. The predicted molar refractivity (Wildman–Crippen MR) is 86.6 cm³/mol. The van der Waals surface area contributed by atoms with Crippen molar-refractivity contribution in [2.45, 2.75) is 26.8 Å². The third-order valence-electron chi connectivity index (χ3n) is 3.02. The van der Waals surface area contributed by atoms with Crippen LogP contribution in [-0.4, -0.2) is 24.4 Å². The Morgan fingerprint density at radius 1 is 1.33 bits per heavy atom. The molecule has 1 aromatic heterocycles. The first-order valence-corrected chi connectivity index (χ1v) is 7.57. The number of aryl methyl sites for hydroxylation is 1. The van der Waals surface area contributed by atoms with E-state index in [-0.39, 0.29) is 24.4 Å². The number of fused-ring (bicyclic) bond motifs is 1. The highest BCUT2D eigenvalue weighted by molar-refractivity contribution is 7.21. The number of nitrogen functional groups attached to an aromatic ring is 1. The molecule has 0 aliphatic rings. The molecule has 0 atom stereocenters. The summed E-state index contributed by atoms with van der Waals surface area (Å²) in [5, 5.41) is 6.21. The van der Waals surface area contributed by atoms with Crippen molar-refractivity contribution in [1.29, 1.82) is 0 Å². The van der Waals surface area contributed by atoms with Gasteiger partial charge in [-0.3, -0.25) is 9.59 Å². The summed E-state index contributed by atoms with van der Waals surface area (Å²) in [6, 6.07) is 5.84. The van der Waals surface area contributed by atoms with Crippen molar-refractivity contribution < 1.29 is 9.59 Å². The largest absolute Gasteiger partial charge is 0.397 e. The average molecular weight is 305 g/mol. The van der Waals surface area contributed by atoms with Crippen LogP contribution in [0.3, 0.4) is 0 Å². The van der Waals surface area contributed by atoms with Gasteiger partial charge in [-0.1, -0.05) is 18.2 Å². The minimum absolute atomic E-state index is 0.0476. The van der Waals surface area contributed by atoms with Crippen LogP contribution >= 0.6 is 11.3 Å². The zero-order valence-corrected chi connectivity index (χ0v) is 13.1. The Hall–Kier alpha value is -2.08. The summed E-state index contributed by atoms with van der Waals surface area (Å²) in [4.78, 5) is 24.2. The molecule has 21 heavy (non-hydrogen) atoms. The van der Waals surface area contributed by atoms with E-state index in [1.54, 1.807) is 0 Å². The lowest BCUT2D eigenvalue weighted by Crippen LogP contribution is -2.39. The van der Waals surface area contributed by atoms with E-state index in [0.717, 1.165) is 15.6 Å². The molecular formula is C15H19N3O2S. The maximum atomic E-state index is 12.2. The van der Waals surface area contributed by atoms with E-state index in [4.69, 9.17) is 5.73 Å². The molecule has 2 aromatic rings. The average Bonchev–Trinajstić information content (AvgIpc) is 2.75. The van der Waals surface area contributed by atoms with Crippen molar-refractivity contribution in [3.05, 3.63) is 28.6 Å². The summed E-state index contributed by atoms with van der Waals surface area (Å²) in [5.41, 5.74) is 7.60.